The number of benzene rings is 1. The van der Waals surface area contributed by atoms with E-state index in [2.05, 4.69) is 5.32 Å². The van der Waals surface area contributed by atoms with Gasteiger partial charge in [-0.1, -0.05) is 11.6 Å². The van der Waals surface area contributed by atoms with E-state index in [1.165, 1.54) is 18.9 Å². The van der Waals surface area contributed by atoms with Gasteiger partial charge in [0, 0.05) is 22.7 Å². The van der Waals surface area contributed by atoms with Crippen LogP contribution in [0.5, 0.6) is 0 Å². The van der Waals surface area contributed by atoms with Crippen LogP contribution in [0.4, 0.5) is 5.69 Å². The Bertz CT molecular complexity index is 433. The van der Waals surface area contributed by atoms with E-state index < -0.39 is 0 Å². The summed E-state index contributed by atoms with van der Waals surface area (Å²) in [7, 11) is 1.90. The number of nitrogens with zero attached hydrogens (tertiary/aromatic N) is 1. The summed E-state index contributed by atoms with van der Waals surface area (Å²) >= 11 is 5.90. The molecule has 17 heavy (non-hydrogen) atoms. The first kappa shape index (κ1) is 12.3. The average Bonchev–Trinajstić information content (AvgIpc) is 3.09. The highest BCUT2D eigenvalue weighted by molar-refractivity contribution is 6.30. The molecule has 0 aromatic heterocycles. The smallest absolute Gasteiger partial charge is 0.272 e. The van der Waals surface area contributed by atoms with Crippen molar-refractivity contribution in [2.24, 2.45) is 5.92 Å². The zero-order valence-electron chi connectivity index (χ0n) is 9.65. The monoisotopic (exact) mass is 254 g/mol. The highest BCUT2D eigenvalue weighted by atomic mass is 35.5. The Labute approximate surface area is 105 Å². The molecule has 0 aliphatic heterocycles. The SMILES string of the molecule is CNC(Cc1cc(Cl)ccc1[N+](=O)[O-])C1CC1. The van der Waals surface area contributed by atoms with Gasteiger partial charge in [-0.2, -0.15) is 0 Å². The van der Waals surface area contributed by atoms with Gasteiger partial charge in [0.2, 0.25) is 0 Å². The molecule has 0 amide bonds. The molecule has 1 N–H and O–H groups in total. The van der Waals surface area contributed by atoms with Gasteiger partial charge in [-0.3, -0.25) is 10.1 Å². The summed E-state index contributed by atoms with van der Waals surface area (Å²) in [5, 5.41) is 14.7. The molecule has 1 saturated carbocycles. The van der Waals surface area contributed by atoms with Gasteiger partial charge in [-0.05, 0) is 44.4 Å². The van der Waals surface area contributed by atoms with Crippen LogP contribution in [0.2, 0.25) is 5.02 Å². The third-order valence-electron chi connectivity index (χ3n) is 3.24. The van der Waals surface area contributed by atoms with Crippen molar-refractivity contribution < 1.29 is 4.92 Å². The lowest BCUT2D eigenvalue weighted by Crippen LogP contribution is -2.29. The van der Waals surface area contributed by atoms with Crippen molar-refractivity contribution in [3.8, 4) is 0 Å². The van der Waals surface area contributed by atoms with Gasteiger partial charge in [0.25, 0.3) is 5.69 Å². The minimum Gasteiger partial charge on any atom is -0.316 e. The zero-order valence-corrected chi connectivity index (χ0v) is 10.4. The largest absolute Gasteiger partial charge is 0.316 e. The van der Waals surface area contributed by atoms with E-state index >= 15 is 0 Å². The fraction of sp³-hybridized carbons (Fsp3) is 0.500. The molecule has 0 radical (unpaired) electrons. The third kappa shape index (κ3) is 2.96. The number of halogens is 1. The Kier molecular flexibility index (Phi) is 3.64. The summed E-state index contributed by atoms with van der Waals surface area (Å²) in [6.45, 7) is 0. The molecular formula is C12H15ClN2O2. The van der Waals surface area contributed by atoms with Gasteiger partial charge in [0.1, 0.15) is 0 Å². The van der Waals surface area contributed by atoms with Crippen LogP contribution in [0.15, 0.2) is 18.2 Å². The number of hydrogen-bond acceptors (Lipinski definition) is 3. The normalized spacial score (nSPS) is 16.8. The van der Waals surface area contributed by atoms with Crippen LogP contribution in [-0.2, 0) is 6.42 Å². The molecular weight excluding hydrogens is 240 g/mol. The van der Waals surface area contributed by atoms with Crippen molar-refractivity contribution >= 4 is 17.3 Å². The number of likely N-dealkylation sites (N-methyl/N-ethyl adjacent to an activating group) is 1. The van der Waals surface area contributed by atoms with Crippen LogP contribution >= 0.6 is 11.6 Å². The Morgan fingerprint density at radius 1 is 1.59 bits per heavy atom. The van der Waals surface area contributed by atoms with Crippen LogP contribution in [-0.4, -0.2) is 18.0 Å². The van der Waals surface area contributed by atoms with Crippen LogP contribution < -0.4 is 5.32 Å². The summed E-state index contributed by atoms with van der Waals surface area (Å²) in [5.41, 5.74) is 0.879. The summed E-state index contributed by atoms with van der Waals surface area (Å²) in [4.78, 5) is 10.6. The number of rotatable bonds is 5. The Morgan fingerprint density at radius 3 is 2.82 bits per heavy atom. The zero-order chi connectivity index (χ0) is 12.4. The highest BCUT2D eigenvalue weighted by Crippen LogP contribution is 2.35. The first-order chi connectivity index (χ1) is 8.11. The second-order valence-corrected chi connectivity index (χ2v) is 4.90. The Morgan fingerprint density at radius 2 is 2.29 bits per heavy atom. The van der Waals surface area contributed by atoms with Gasteiger partial charge < -0.3 is 5.32 Å². The fourth-order valence-electron chi connectivity index (χ4n) is 2.14. The molecule has 92 valence electrons. The average molecular weight is 255 g/mol. The Hall–Kier alpha value is -1.13. The summed E-state index contributed by atoms with van der Waals surface area (Å²) in [5.74, 6) is 0.651. The maximum Gasteiger partial charge on any atom is 0.272 e. The van der Waals surface area contributed by atoms with Crippen molar-refractivity contribution in [1.29, 1.82) is 0 Å². The van der Waals surface area contributed by atoms with E-state index in [-0.39, 0.29) is 10.6 Å². The van der Waals surface area contributed by atoms with Crippen molar-refractivity contribution in [1.82, 2.24) is 5.32 Å². The maximum atomic E-state index is 10.9. The number of nitrogens with one attached hydrogen (secondary N) is 1. The lowest BCUT2D eigenvalue weighted by molar-refractivity contribution is -0.385. The van der Waals surface area contributed by atoms with E-state index in [0.29, 0.717) is 29.0 Å². The van der Waals surface area contributed by atoms with Crippen LogP contribution in [0.1, 0.15) is 18.4 Å². The van der Waals surface area contributed by atoms with Crippen LogP contribution in [0.3, 0.4) is 0 Å². The topological polar surface area (TPSA) is 55.2 Å². The number of hydrogen-bond donors (Lipinski definition) is 1. The predicted octanol–water partition coefficient (Wildman–Crippen LogP) is 2.79. The molecule has 5 heteroatoms. The Balaban J connectivity index is 2.22. The predicted molar refractivity (Wildman–Crippen MR) is 67.4 cm³/mol. The summed E-state index contributed by atoms with van der Waals surface area (Å²) in [6, 6.07) is 5.06. The van der Waals surface area contributed by atoms with E-state index in [1.807, 2.05) is 7.05 Å². The molecule has 1 fully saturated rings. The molecule has 1 aromatic rings. The lowest BCUT2D eigenvalue weighted by atomic mass is 10.0. The van der Waals surface area contributed by atoms with E-state index in [4.69, 9.17) is 11.6 Å². The molecule has 4 nitrogen and oxygen atoms in total. The first-order valence-corrected chi connectivity index (χ1v) is 6.09. The van der Waals surface area contributed by atoms with Gasteiger partial charge in [0.05, 0.1) is 4.92 Å². The quantitative estimate of drug-likeness (QED) is 0.649. The molecule has 1 atom stereocenters. The molecule has 2 rings (SSSR count). The second kappa shape index (κ2) is 5.02. The second-order valence-electron chi connectivity index (χ2n) is 4.47. The van der Waals surface area contributed by atoms with Gasteiger partial charge in [0.15, 0.2) is 0 Å². The van der Waals surface area contributed by atoms with Crippen molar-refractivity contribution in [3.05, 3.63) is 38.9 Å². The van der Waals surface area contributed by atoms with Crippen molar-refractivity contribution in [2.75, 3.05) is 7.05 Å². The fourth-order valence-corrected chi connectivity index (χ4v) is 2.33. The van der Waals surface area contributed by atoms with Crippen LogP contribution in [0.25, 0.3) is 0 Å². The van der Waals surface area contributed by atoms with Gasteiger partial charge >= 0.3 is 0 Å². The summed E-state index contributed by atoms with van der Waals surface area (Å²) in [6.07, 6.45) is 3.08. The van der Waals surface area contributed by atoms with Crippen molar-refractivity contribution in [3.63, 3.8) is 0 Å². The van der Waals surface area contributed by atoms with Crippen molar-refractivity contribution in [2.45, 2.75) is 25.3 Å². The first-order valence-electron chi connectivity index (χ1n) is 5.72. The number of nitro benzene ring substituents is 1. The third-order valence-corrected chi connectivity index (χ3v) is 3.47. The number of nitro groups is 1. The van der Waals surface area contributed by atoms with Crippen LogP contribution in [0, 0.1) is 16.0 Å². The standard InChI is InChI=1S/C12H15ClN2O2/c1-14-11(8-2-3-8)7-9-6-10(13)4-5-12(9)15(16)17/h4-6,8,11,14H,2-3,7H2,1H3. The molecule has 1 unspecified atom stereocenters. The molecule has 1 aliphatic carbocycles. The minimum atomic E-state index is -0.342. The molecule has 1 aromatic carbocycles. The maximum absolute atomic E-state index is 10.9. The molecule has 0 spiro atoms. The summed E-state index contributed by atoms with van der Waals surface area (Å²) < 4.78 is 0. The molecule has 0 heterocycles. The van der Waals surface area contributed by atoms with E-state index in [0.717, 1.165) is 0 Å². The van der Waals surface area contributed by atoms with E-state index in [9.17, 15) is 10.1 Å². The highest BCUT2D eigenvalue weighted by Gasteiger charge is 2.31. The van der Waals surface area contributed by atoms with E-state index in [1.54, 1.807) is 12.1 Å². The molecule has 0 bridgehead atoms. The van der Waals surface area contributed by atoms with Gasteiger partial charge in [-0.25, -0.2) is 0 Å². The lowest BCUT2D eigenvalue weighted by Gasteiger charge is -2.15. The minimum absolute atomic E-state index is 0.162. The molecule has 1 aliphatic rings. The van der Waals surface area contributed by atoms with Gasteiger partial charge in [-0.15, -0.1) is 0 Å². The molecule has 0 saturated heterocycles.